The average Bonchev–Trinajstić information content (AvgIpc) is 2.89. The number of aromatic carboxylic acids is 4. The van der Waals surface area contributed by atoms with Crippen LogP contribution in [0.5, 0.6) is 0 Å². The molecular formula is C78H52O8. The molecule has 8 nitrogen and oxygen atoms in total. The average molecular weight is 1120 g/mol. The lowest BCUT2D eigenvalue weighted by Gasteiger charge is -2.20. The molecular weight excluding hydrogens is 1060 g/mol. The molecule has 12 aromatic rings. The number of carboxylic acids is 4. The summed E-state index contributed by atoms with van der Waals surface area (Å²) in [5.41, 5.74) is 22.8. The summed E-state index contributed by atoms with van der Waals surface area (Å²) in [7, 11) is 0. The first kappa shape index (κ1) is 54.8. The largest absolute Gasteiger partial charge is 0.478 e. The van der Waals surface area contributed by atoms with Crippen LogP contribution in [0.4, 0.5) is 0 Å². The number of benzene rings is 12. The molecule has 0 heterocycles. The second-order valence-electron chi connectivity index (χ2n) is 20.9. The van der Waals surface area contributed by atoms with E-state index in [0.29, 0.717) is 0 Å². The van der Waals surface area contributed by atoms with E-state index in [2.05, 4.69) is 194 Å². The molecule has 0 aromatic heterocycles. The van der Waals surface area contributed by atoms with Crippen molar-refractivity contribution < 1.29 is 39.6 Å². The van der Waals surface area contributed by atoms with Crippen molar-refractivity contribution in [1.82, 2.24) is 0 Å². The van der Waals surface area contributed by atoms with Gasteiger partial charge in [-0.15, -0.1) is 0 Å². The van der Waals surface area contributed by atoms with Gasteiger partial charge in [0.15, 0.2) is 0 Å². The van der Waals surface area contributed by atoms with Crippen LogP contribution >= 0.6 is 0 Å². The molecule has 0 aliphatic carbocycles. The molecule has 8 heteroatoms. The van der Waals surface area contributed by atoms with Crippen LogP contribution in [0, 0.1) is 0 Å². The Labute approximate surface area is 496 Å². The first-order chi connectivity index (χ1) is 41.9. The number of carboxylic acid groups (broad SMARTS) is 4. The molecule has 0 saturated heterocycles. The van der Waals surface area contributed by atoms with Crippen molar-refractivity contribution in [2.75, 3.05) is 0 Å². The normalized spacial score (nSPS) is 10.9. The number of hydrogen-bond acceptors (Lipinski definition) is 4. The van der Waals surface area contributed by atoms with E-state index in [1.54, 1.807) is 48.5 Å². The third-order valence-corrected chi connectivity index (χ3v) is 15.7. The van der Waals surface area contributed by atoms with Crippen molar-refractivity contribution in [3.8, 4) is 89.0 Å². The van der Waals surface area contributed by atoms with Crippen molar-refractivity contribution in [1.29, 1.82) is 0 Å². The highest BCUT2D eigenvalue weighted by Gasteiger charge is 2.19. The second-order valence-corrected chi connectivity index (χ2v) is 20.9. The van der Waals surface area contributed by atoms with E-state index < -0.39 is 23.9 Å². The monoisotopic (exact) mass is 1120 g/mol. The summed E-state index contributed by atoms with van der Waals surface area (Å²) in [5.74, 6) is -3.86. The molecule has 412 valence electrons. The van der Waals surface area contributed by atoms with E-state index >= 15 is 0 Å². The van der Waals surface area contributed by atoms with Crippen molar-refractivity contribution in [3.63, 3.8) is 0 Å². The molecule has 86 heavy (non-hydrogen) atoms. The van der Waals surface area contributed by atoms with Gasteiger partial charge in [0, 0.05) is 0 Å². The van der Waals surface area contributed by atoms with Crippen LogP contribution in [0.15, 0.2) is 291 Å². The lowest BCUT2D eigenvalue weighted by molar-refractivity contribution is 0.0686. The number of rotatable bonds is 16. The fourth-order valence-electron chi connectivity index (χ4n) is 10.9. The van der Waals surface area contributed by atoms with Crippen LogP contribution < -0.4 is 0 Å². The van der Waals surface area contributed by atoms with Gasteiger partial charge in [0.1, 0.15) is 0 Å². The highest BCUT2D eigenvalue weighted by molar-refractivity contribution is 6.05. The minimum Gasteiger partial charge on any atom is -0.478 e. The molecule has 0 spiro atoms. The summed E-state index contributed by atoms with van der Waals surface area (Å²) in [6, 6.07) is 95.2. The van der Waals surface area contributed by atoms with E-state index in [1.165, 1.54) is 0 Å². The molecule has 12 aromatic carbocycles. The van der Waals surface area contributed by atoms with Gasteiger partial charge in [-0.1, -0.05) is 243 Å². The topological polar surface area (TPSA) is 149 Å². The van der Waals surface area contributed by atoms with Gasteiger partial charge >= 0.3 is 23.9 Å². The molecule has 0 aliphatic heterocycles. The van der Waals surface area contributed by atoms with Crippen LogP contribution in [0.2, 0.25) is 0 Å². The van der Waals surface area contributed by atoms with Gasteiger partial charge in [0.25, 0.3) is 0 Å². The minimum absolute atomic E-state index is 0.238. The molecule has 0 saturated carbocycles. The predicted octanol–water partition coefficient (Wildman–Crippen LogP) is 18.8. The molecule has 0 unspecified atom stereocenters. The minimum atomic E-state index is -0.964. The van der Waals surface area contributed by atoms with Crippen LogP contribution in [-0.2, 0) is 0 Å². The molecule has 0 amide bonds. The smallest absolute Gasteiger partial charge is 0.335 e. The second kappa shape index (κ2) is 24.0. The Kier molecular flexibility index (Phi) is 15.3. The quantitative estimate of drug-likeness (QED) is 0.0699. The van der Waals surface area contributed by atoms with Gasteiger partial charge in [0.2, 0.25) is 0 Å². The van der Waals surface area contributed by atoms with E-state index in [-0.39, 0.29) is 22.3 Å². The van der Waals surface area contributed by atoms with Crippen molar-refractivity contribution in [2.24, 2.45) is 0 Å². The van der Waals surface area contributed by atoms with E-state index in [1.807, 2.05) is 48.5 Å². The van der Waals surface area contributed by atoms with Crippen molar-refractivity contribution in [2.45, 2.75) is 0 Å². The zero-order valence-corrected chi connectivity index (χ0v) is 46.1. The highest BCUT2D eigenvalue weighted by atomic mass is 16.4. The van der Waals surface area contributed by atoms with Gasteiger partial charge in [-0.2, -0.15) is 0 Å². The Morgan fingerprint density at radius 3 is 0.314 bits per heavy atom. The third-order valence-electron chi connectivity index (χ3n) is 15.7. The summed E-state index contributed by atoms with van der Waals surface area (Å²) in [6.45, 7) is 0. The zero-order valence-electron chi connectivity index (χ0n) is 46.1. The Morgan fingerprint density at radius 2 is 0.221 bits per heavy atom. The highest BCUT2D eigenvalue weighted by Crippen LogP contribution is 2.41. The Morgan fingerprint density at radius 1 is 0.140 bits per heavy atom. The molecule has 0 aliphatic rings. The fourth-order valence-corrected chi connectivity index (χ4v) is 10.9. The summed E-state index contributed by atoms with van der Waals surface area (Å²) in [5, 5.41) is 37.8. The molecule has 0 atom stereocenters. The first-order valence-electron chi connectivity index (χ1n) is 27.8. The summed E-state index contributed by atoms with van der Waals surface area (Å²) in [4.78, 5) is 46.1. The lowest BCUT2D eigenvalue weighted by atomic mass is 9.84. The molecule has 0 bridgehead atoms. The van der Waals surface area contributed by atoms with Gasteiger partial charge in [-0.3, -0.25) is 0 Å². The molecule has 0 fully saturated rings. The summed E-state index contributed by atoms with van der Waals surface area (Å²) >= 11 is 0. The molecule has 4 N–H and O–H groups in total. The van der Waals surface area contributed by atoms with Crippen molar-refractivity contribution >= 4 is 35.0 Å². The Balaban J connectivity index is 0.945. The number of hydrogen-bond donors (Lipinski definition) is 4. The van der Waals surface area contributed by atoms with Crippen LogP contribution in [0.1, 0.15) is 63.7 Å². The standard InChI is InChI=1S/C78H52O8/c79-75(80)69-41-25-61(26-42-69)53-9-1-49(2-10-53)57-17-33-65(34-18-57)73(66-35-19-58(20-36-66)50-3-11-54(12-4-50)62-27-43-70(44-28-62)76(81)82)74(67-37-21-59(22-38-67)51-5-13-55(14-6-51)63-29-45-71(46-30-63)77(83)84)68-39-23-60(24-40-68)52-7-15-56(16-8-52)64-31-47-72(48-32-64)78(85)86/h1-48H,(H,79,80)(H,81,82)(H,83,84)(H,85,86). The first-order valence-corrected chi connectivity index (χ1v) is 27.8. The van der Waals surface area contributed by atoms with Crippen molar-refractivity contribution in [3.05, 3.63) is 336 Å². The van der Waals surface area contributed by atoms with E-state index in [9.17, 15) is 39.6 Å². The van der Waals surface area contributed by atoms with Crippen LogP contribution in [0.25, 0.3) is 100 Å². The van der Waals surface area contributed by atoms with Crippen LogP contribution in [-0.4, -0.2) is 44.3 Å². The van der Waals surface area contributed by atoms with E-state index in [4.69, 9.17) is 0 Å². The van der Waals surface area contributed by atoms with Crippen LogP contribution in [0.3, 0.4) is 0 Å². The Hall–Kier alpha value is -11.7. The summed E-state index contributed by atoms with van der Waals surface area (Å²) < 4.78 is 0. The van der Waals surface area contributed by atoms with E-state index in [0.717, 1.165) is 122 Å². The van der Waals surface area contributed by atoms with Gasteiger partial charge in [-0.05, 0) is 171 Å². The molecule has 12 rings (SSSR count). The maximum Gasteiger partial charge on any atom is 0.335 e. The predicted molar refractivity (Wildman–Crippen MR) is 342 cm³/mol. The summed E-state index contributed by atoms with van der Waals surface area (Å²) in [6.07, 6.45) is 0. The van der Waals surface area contributed by atoms with Gasteiger partial charge in [0.05, 0.1) is 22.3 Å². The zero-order chi connectivity index (χ0) is 59.3. The molecule has 0 radical (unpaired) electrons. The fraction of sp³-hybridized carbons (Fsp3) is 0. The lowest BCUT2D eigenvalue weighted by Crippen LogP contribution is -1.98. The van der Waals surface area contributed by atoms with Gasteiger partial charge in [-0.25, -0.2) is 19.2 Å². The van der Waals surface area contributed by atoms with Gasteiger partial charge < -0.3 is 20.4 Å². The number of carbonyl (C=O) groups is 4. The SMILES string of the molecule is O=C(O)c1ccc(-c2ccc(-c3ccc(C(=C(c4ccc(-c5ccc(-c6ccc(C(=O)O)cc6)cc5)cc4)c4ccc(-c5ccc(-c6ccc(C(=O)O)cc6)cc5)cc4)c4ccc(-c5ccc(-c6ccc(C(=O)O)cc6)cc5)cc4)cc3)cc2)cc1. The third kappa shape index (κ3) is 11.8. The Bertz CT molecular complexity index is 3890. The maximum atomic E-state index is 11.5. The maximum absolute atomic E-state index is 11.5.